The maximum Gasteiger partial charge on any atom is 0.155 e. The van der Waals surface area contributed by atoms with E-state index >= 15 is 0 Å². The van der Waals surface area contributed by atoms with Crippen molar-refractivity contribution in [2.45, 2.75) is 52.4 Å². The van der Waals surface area contributed by atoms with Crippen LogP contribution in [0.4, 0.5) is 5.82 Å². The summed E-state index contributed by atoms with van der Waals surface area (Å²) < 4.78 is 2.00. The minimum absolute atomic E-state index is 0.241. The van der Waals surface area contributed by atoms with Gasteiger partial charge in [-0.2, -0.15) is 5.10 Å². The molecule has 0 saturated carbocycles. The Hall–Kier alpha value is -3.03. The average molecular weight is 504 g/mol. The van der Waals surface area contributed by atoms with Gasteiger partial charge in [0.1, 0.15) is 5.52 Å². The van der Waals surface area contributed by atoms with Crippen molar-refractivity contribution in [3.8, 4) is 11.3 Å². The molecule has 0 aromatic carbocycles. The highest BCUT2D eigenvalue weighted by molar-refractivity contribution is 6.34. The average Bonchev–Trinajstić information content (AvgIpc) is 3.50. The molecule has 36 heavy (non-hydrogen) atoms. The van der Waals surface area contributed by atoms with Crippen molar-refractivity contribution in [2.24, 2.45) is 11.1 Å². The Morgan fingerprint density at radius 1 is 1.00 bits per heavy atom. The molecule has 1 aliphatic heterocycles. The van der Waals surface area contributed by atoms with Crippen LogP contribution in [0, 0.1) is 12.3 Å². The summed E-state index contributed by atoms with van der Waals surface area (Å²) in [5.74, 6) is 1.25. The number of halogens is 1. The molecule has 1 spiro atoms. The summed E-state index contributed by atoms with van der Waals surface area (Å²) in [7, 11) is 1.50. The van der Waals surface area contributed by atoms with Crippen LogP contribution in [0.15, 0.2) is 42.9 Å². The lowest BCUT2D eigenvalue weighted by molar-refractivity contribution is 0.231. The van der Waals surface area contributed by atoms with Crippen molar-refractivity contribution in [1.82, 2.24) is 24.6 Å². The van der Waals surface area contributed by atoms with E-state index < -0.39 is 0 Å². The summed E-state index contributed by atoms with van der Waals surface area (Å²) in [6.07, 6.45) is 10.2. The number of fused-ring (bicyclic) bond motifs is 2. The summed E-state index contributed by atoms with van der Waals surface area (Å²) in [5.41, 5.74) is 12.3. The quantitative estimate of drug-likeness (QED) is 0.412. The van der Waals surface area contributed by atoms with Crippen LogP contribution in [-0.2, 0) is 12.8 Å². The van der Waals surface area contributed by atoms with Gasteiger partial charge in [-0.3, -0.25) is 9.97 Å². The van der Waals surface area contributed by atoms with Gasteiger partial charge in [-0.05, 0) is 74.8 Å². The van der Waals surface area contributed by atoms with E-state index in [1.165, 1.54) is 18.3 Å². The summed E-state index contributed by atoms with van der Waals surface area (Å²) in [4.78, 5) is 16.7. The second-order valence-electron chi connectivity index (χ2n) is 10.2. The zero-order valence-electron chi connectivity index (χ0n) is 21.5. The van der Waals surface area contributed by atoms with Gasteiger partial charge < -0.3 is 10.6 Å². The van der Waals surface area contributed by atoms with E-state index in [9.17, 15) is 0 Å². The Kier molecular flexibility index (Phi) is 6.70. The number of piperidine rings is 1. The lowest BCUT2D eigenvalue weighted by atomic mass is 9.76. The molecule has 0 radical (unpaired) electrons. The monoisotopic (exact) mass is 503 g/mol. The number of aryl methyl sites for hydroxylation is 1. The Labute approximate surface area is 217 Å². The van der Waals surface area contributed by atoms with Crippen LogP contribution in [0.1, 0.15) is 55.3 Å². The SMILES string of the molecule is CN.Cc1nc(N2CCC3(CC2)Cc2cccnc2C3)c2ccnn2c1-c1ccnc(C(C)C)c1Cl. The van der Waals surface area contributed by atoms with Gasteiger partial charge in [-0.25, -0.2) is 9.50 Å². The molecule has 5 heterocycles. The van der Waals surface area contributed by atoms with Gasteiger partial charge in [0.25, 0.3) is 0 Å². The van der Waals surface area contributed by atoms with E-state index in [0.717, 1.165) is 72.8 Å². The first kappa shape index (κ1) is 24.7. The number of aromatic nitrogens is 5. The Balaban J connectivity index is 0.00000130. The largest absolute Gasteiger partial charge is 0.355 e. The van der Waals surface area contributed by atoms with Crippen LogP contribution in [0.2, 0.25) is 5.02 Å². The molecular formula is C28H34ClN7. The summed E-state index contributed by atoms with van der Waals surface area (Å²) in [5, 5.41) is 5.37. The van der Waals surface area contributed by atoms with E-state index in [1.807, 2.05) is 29.2 Å². The number of hydrogen-bond donors (Lipinski definition) is 1. The number of pyridine rings is 2. The van der Waals surface area contributed by atoms with Crippen molar-refractivity contribution < 1.29 is 0 Å². The maximum absolute atomic E-state index is 6.83. The molecule has 1 fully saturated rings. The van der Waals surface area contributed by atoms with Crippen LogP contribution in [-0.4, -0.2) is 44.7 Å². The van der Waals surface area contributed by atoms with Crippen LogP contribution in [0.3, 0.4) is 0 Å². The van der Waals surface area contributed by atoms with Crippen molar-refractivity contribution in [3.63, 3.8) is 0 Å². The van der Waals surface area contributed by atoms with Gasteiger partial charge in [0.15, 0.2) is 5.82 Å². The van der Waals surface area contributed by atoms with E-state index in [0.29, 0.717) is 10.4 Å². The minimum Gasteiger partial charge on any atom is -0.355 e. The molecule has 4 aromatic rings. The van der Waals surface area contributed by atoms with E-state index in [-0.39, 0.29) is 5.92 Å². The molecule has 0 unspecified atom stereocenters. The molecular weight excluding hydrogens is 470 g/mol. The van der Waals surface area contributed by atoms with Crippen LogP contribution >= 0.6 is 11.6 Å². The first-order chi connectivity index (χ1) is 17.5. The van der Waals surface area contributed by atoms with E-state index in [4.69, 9.17) is 16.6 Å². The molecule has 6 rings (SSSR count). The normalized spacial score (nSPS) is 16.4. The third-order valence-electron chi connectivity index (χ3n) is 7.63. The summed E-state index contributed by atoms with van der Waals surface area (Å²) >= 11 is 6.83. The number of hydrogen-bond acceptors (Lipinski definition) is 6. The highest BCUT2D eigenvalue weighted by atomic mass is 35.5. The molecule has 2 aliphatic rings. The van der Waals surface area contributed by atoms with Crippen LogP contribution in [0.25, 0.3) is 16.8 Å². The first-order valence-corrected chi connectivity index (χ1v) is 13.1. The van der Waals surface area contributed by atoms with Crippen molar-refractivity contribution >= 4 is 22.9 Å². The predicted molar refractivity (Wildman–Crippen MR) is 146 cm³/mol. The fourth-order valence-electron chi connectivity index (χ4n) is 5.82. The third kappa shape index (κ3) is 4.14. The van der Waals surface area contributed by atoms with Gasteiger partial charge in [0.2, 0.25) is 0 Å². The lowest BCUT2D eigenvalue weighted by Crippen LogP contribution is -2.41. The molecule has 0 atom stereocenters. The van der Waals surface area contributed by atoms with Gasteiger partial charge in [0, 0.05) is 36.7 Å². The number of rotatable bonds is 3. The van der Waals surface area contributed by atoms with Crippen LogP contribution in [0.5, 0.6) is 0 Å². The van der Waals surface area contributed by atoms with Gasteiger partial charge in [-0.1, -0.05) is 31.5 Å². The number of nitrogens with two attached hydrogens (primary N) is 1. The van der Waals surface area contributed by atoms with Crippen molar-refractivity contribution in [1.29, 1.82) is 0 Å². The third-order valence-corrected chi connectivity index (χ3v) is 8.03. The Bertz CT molecular complexity index is 1360. The van der Waals surface area contributed by atoms with Gasteiger partial charge in [-0.15, -0.1) is 0 Å². The van der Waals surface area contributed by atoms with Crippen molar-refractivity contribution in [2.75, 3.05) is 25.0 Å². The number of nitrogens with zero attached hydrogens (tertiary/aromatic N) is 6. The number of anilines is 1. The maximum atomic E-state index is 6.83. The fraction of sp³-hybridized carbons (Fsp3) is 0.429. The highest BCUT2D eigenvalue weighted by Crippen LogP contribution is 2.45. The molecule has 7 nitrogen and oxygen atoms in total. The van der Waals surface area contributed by atoms with E-state index in [2.05, 4.69) is 64.7 Å². The second-order valence-corrected chi connectivity index (χ2v) is 10.5. The zero-order valence-corrected chi connectivity index (χ0v) is 22.3. The molecule has 188 valence electrons. The van der Waals surface area contributed by atoms with Gasteiger partial charge in [0.05, 0.1) is 28.3 Å². The van der Waals surface area contributed by atoms with Gasteiger partial charge >= 0.3 is 0 Å². The standard InChI is InChI=1S/C27H29ClN6.CH5N/c1-17(2)24-23(28)20(6-11-30-24)25-18(3)32-26(22-7-12-31-34(22)25)33-13-8-27(9-14-33)15-19-5-4-10-29-21(19)16-27;1-2/h4-7,10-12,17H,8-9,13-16H2,1-3H3;2H2,1H3. The molecule has 4 aromatic heterocycles. The minimum atomic E-state index is 0.241. The molecule has 1 saturated heterocycles. The smallest absolute Gasteiger partial charge is 0.155 e. The summed E-state index contributed by atoms with van der Waals surface area (Å²) in [6, 6.07) is 8.34. The molecule has 2 N–H and O–H groups in total. The predicted octanol–water partition coefficient (Wildman–Crippen LogP) is 5.23. The lowest BCUT2D eigenvalue weighted by Gasteiger charge is -2.40. The van der Waals surface area contributed by atoms with Crippen molar-refractivity contribution in [3.05, 3.63) is 70.5 Å². The van der Waals surface area contributed by atoms with E-state index in [1.54, 1.807) is 0 Å². The van der Waals surface area contributed by atoms with Crippen LogP contribution < -0.4 is 10.6 Å². The topological polar surface area (TPSA) is 85.2 Å². The fourth-order valence-corrected chi connectivity index (χ4v) is 6.24. The molecule has 1 aliphatic carbocycles. The highest BCUT2D eigenvalue weighted by Gasteiger charge is 2.41. The Morgan fingerprint density at radius 2 is 1.78 bits per heavy atom. The summed E-state index contributed by atoms with van der Waals surface area (Å²) in [6.45, 7) is 8.26. The Morgan fingerprint density at radius 3 is 2.50 bits per heavy atom. The molecule has 8 heteroatoms. The second kappa shape index (κ2) is 9.79. The first-order valence-electron chi connectivity index (χ1n) is 12.7. The molecule has 0 amide bonds. The zero-order chi connectivity index (χ0) is 25.4. The molecule has 0 bridgehead atoms.